The second-order valence-corrected chi connectivity index (χ2v) is 5.94. The van der Waals surface area contributed by atoms with Gasteiger partial charge in [-0.1, -0.05) is 6.42 Å². The summed E-state index contributed by atoms with van der Waals surface area (Å²) in [6.07, 6.45) is 3.87. The minimum Gasteiger partial charge on any atom is -0.327 e. The summed E-state index contributed by atoms with van der Waals surface area (Å²) < 4.78 is 2.09. The highest BCUT2D eigenvalue weighted by Crippen LogP contribution is 2.35. The molecule has 3 unspecified atom stereocenters. The quantitative estimate of drug-likeness (QED) is 0.837. The fourth-order valence-electron chi connectivity index (χ4n) is 3.53. The second-order valence-electron chi connectivity index (χ2n) is 5.94. The van der Waals surface area contributed by atoms with Gasteiger partial charge >= 0.3 is 0 Å². The van der Waals surface area contributed by atoms with Gasteiger partial charge in [0.05, 0.1) is 6.54 Å². The zero-order chi connectivity index (χ0) is 12.7. The fraction of sp³-hybridized carbons (Fsp3) is 0.846. The molecule has 2 N–H and O–H groups in total. The number of fused-ring (bicyclic) bond motifs is 1. The van der Waals surface area contributed by atoms with Crippen LogP contribution in [0.1, 0.15) is 30.9 Å². The lowest BCUT2D eigenvalue weighted by atomic mass is 9.78. The lowest BCUT2D eigenvalue weighted by Gasteiger charge is -2.29. The summed E-state index contributed by atoms with van der Waals surface area (Å²) in [6.45, 7) is 5.23. The Balaban J connectivity index is 1.67. The smallest absolute Gasteiger partial charge is 0.146 e. The Morgan fingerprint density at radius 2 is 2.11 bits per heavy atom. The van der Waals surface area contributed by atoms with Crippen molar-refractivity contribution in [3.8, 4) is 0 Å². The molecule has 1 aromatic heterocycles. The van der Waals surface area contributed by atoms with Gasteiger partial charge in [-0.15, -0.1) is 10.2 Å². The summed E-state index contributed by atoms with van der Waals surface area (Å²) >= 11 is 0. The van der Waals surface area contributed by atoms with Crippen molar-refractivity contribution in [3.05, 3.63) is 11.6 Å². The molecule has 0 aromatic carbocycles. The third kappa shape index (κ3) is 2.06. The molecule has 1 aliphatic heterocycles. The monoisotopic (exact) mass is 249 g/mol. The van der Waals surface area contributed by atoms with Crippen molar-refractivity contribution in [2.75, 3.05) is 13.1 Å². The van der Waals surface area contributed by atoms with Crippen LogP contribution < -0.4 is 5.73 Å². The summed E-state index contributed by atoms with van der Waals surface area (Å²) in [6, 6.07) is 0.412. The fourth-order valence-corrected chi connectivity index (χ4v) is 3.53. The summed E-state index contributed by atoms with van der Waals surface area (Å²) in [5.41, 5.74) is 6.25. The Hall–Kier alpha value is -0.940. The van der Waals surface area contributed by atoms with Crippen LogP contribution in [0.2, 0.25) is 0 Å². The lowest BCUT2D eigenvalue weighted by molar-refractivity contribution is 0.259. The first kappa shape index (κ1) is 12.1. The molecule has 2 aliphatic rings. The maximum absolute atomic E-state index is 6.25. The molecule has 0 amide bonds. The van der Waals surface area contributed by atoms with Gasteiger partial charge < -0.3 is 10.3 Å². The van der Waals surface area contributed by atoms with E-state index in [0.717, 1.165) is 30.7 Å². The largest absolute Gasteiger partial charge is 0.327 e. The molecule has 0 bridgehead atoms. The van der Waals surface area contributed by atoms with E-state index in [1.54, 1.807) is 0 Å². The first-order valence-electron chi connectivity index (χ1n) is 6.98. The van der Waals surface area contributed by atoms with Crippen LogP contribution in [0.15, 0.2) is 0 Å². The Labute approximate surface area is 108 Å². The molecule has 5 heteroatoms. The average Bonchev–Trinajstić information content (AvgIpc) is 2.89. The number of hydrogen-bond donors (Lipinski definition) is 1. The molecule has 18 heavy (non-hydrogen) atoms. The van der Waals surface area contributed by atoms with E-state index in [-0.39, 0.29) is 0 Å². The van der Waals surface area contributed by atoms with Gasteiger partial charge in [-0.05, 0) is 31.6 Å². The highest BCUT2D eigenvalue weighted by Gasteiger charge is 2.38. The third-order valence-electron chi connectivity index (χ3n) is 4.78. The highest BCUT2D eigenvalue weighted by atomic mass is 15.3. The van der Waals surface area contributed by atoms with E-state index >= 15 is 0 Å². The molecular weight excluding hydrogens is 226 g/mol. The molecule has 1 saturated carbocycles. The molecule has 100 valence electrons. The lowest BCUT2D eigenvalue weighted by Crippen LogP contribution is -2.38. The van der Waals surface area contributed by atoms with Crippen LogP contribution in [-0.2, 0) is 13.6 Å². The maximum Gasteiger partial charge on any atom is 0.146 e. The van der Waals surface area contributed by atoms with E-state index in [9.17, 15) is 0 Å². The van der Waals surface area contributed by atoms with Crippen molar-refractivity contribution in [3.63, 3.8) is 0 Å². The molecule has 0 spiro atoms. The summed E-state index contributed by atoms with van der Waals surface area (Å²) in [5.74, 6) is 3.56. The summed E-state index contributed by atoms with van der Waals surface area (Å²) in [5, 5.41) is 8.38. The normalized spacial score (nSPS) is 32.7. The van der Waals surface area contributed by atoms with Gasteiger partial charge in [-0.3, -0.25) is 4.90 Å². The van der Waals surface area contributed by atoms with Crippen LogP contribution in [0.4, 0.5) is 0 Å². The van der Waals surface area contributed by atoms with Crippen LogP contribution >= 0.6 is 0 Å². The van der Waals surface area contributed by atoms with Crippen molar-refractivity contribution in [2.24, 2.45) is 24.6 Å². The predicted octanol–water partition coefficient (Wildman–Crippen LogP) is 0.683. The highest BCUT2D eigenvalue weighted by molar-refractivity contribution is 4.97. The molecule has 2 heterocycles. The van der Waals surface area contributed by atoms with Crippen molar-refractivity contribution in [1.82, 2.24) is 19.7 Å². The number of aromatic nitrogens is 3. The van der Waals surface area contributed by atoms with Crippen LogP contribution in [0.3, 0.4) is 0 Å². The van der Waals surface area contributed by atoms with E-state index in [1.165, 1.54) is 25.8 Å². The molecule has 5 nitrogen and oxygen atoms in total. The third-order valence-corrected chi connectivity index (χ3v) is 4.78. The van der Waals surface area contributed by atoms with E-state index in [2.05, 4.69) is 19.7 Å². The first-order valence-corrected chi connectivity index (χ1v) is 6.98. The topological polar surface area (TPSA) is 60.0 Å². The maximum atomic E-state index is 6.25. The molecule has 0 radical (unpaired) electrons. The van der Waals surface area contributed by atoms with Crippen LogP contribution in [0.5, 0.6) is 0 Å². The SMILES string of the molecule is Cc1nnc(CN2CC3CCCC(N)C3C2)n1C. The zero-order valence-electron chi connectivity index (χ0n) is 11.3. The molecule has 1 aliphatic carbocycles. The van der Waals surface area contributed by atoms with Crippen LogP contribution in [0.25, 0.3) is 0 Å². The van der Waals surface area contributed by atoms with Crippen LogP contribution in [0, 0.1) is 18.8 Å². The average molecular weight is 249 g/mol. The summed E-state index contributed by atoms with van der Waals surface area (Å²) in [4.78, 5) is 2.50. The number of nitrogens with zero attached hydrogens (tertiary/aromatic N) is 4. The molecule has 2 fully saturated rings. The number of rotatable bonds is 2. The van der Waals surface area contributed by atoms with Gasteiger partial charge in [0.1, 0.15) is 11.6 Å². The number of hydrogen-bond acceptors (Lipinski definition) is 4. The van der Waals surface area contributed by atoms with Crippen molar-refractivity contribution >= 4 is 0 Å². The van der Waals surface area contributed by atoms with E-state index in [0.29, 0.717) is 12.0 Å². The van der Waals surface area contributed by atoms with E-state index in [1.807, 2.05) is 14.0 Å². The van der Waals surface area contributed by atoms with Gasteiger partial charge in [0, 0.05) is 26.2 Å². The minimum absolute atomic E-state index is 0.412. The Bertz CT molecular complexity index is 427. The predicted molar refractivity (Wildman–Crippen MR) is 69.8 cm³/mol. The van der Waals surface area contributed by atoms with Crippen LogP contribution in [-0.4, -0.2) is 38.8 Å². The Kier molecular flexibility index (Phi) is 3.11. The molecule has 3 rings (SSSR count). The van der Waals surface area contributed by atoms with Crippen molar-refractivity contribution in [1.29, 1.82) is 0 Å². The number of likely N-dealkylation sites (tertiary alicyclic amines) is 1. The molecule has 1 saturated heterocycles. The zero-order valence-corrected chi connectivity index (χ0v) is 11.3. The van der Waals surface area contributed by atoms with E-state index in [4.69, 9.17) is 5.73 Å². The van der Waals surface area contributed by atoms with Gasteiger partial charge in [-0.25, -0.2) is 0 Å². The van der Waals surface area contributed by atoms with Gasteiger partial charge in [0.2, 0.25) is 0 Å². The van der Waals surface area contributed by atoms with Gasteiger partial charge in [-0.2, -0.15) is 0 Å². The van der Waals surface area contributed by atoms with E-state index < -0.39 is 0 Å². The molecular formula is C13H23N5. The molecule has 1 aromatic rings. The van der Waals surface area contributed by atoms with Crippen molar-refractivity contribution < 1.29 is 0 Å². The Morgan fingerprint density at radius 3 is 2.78 bits per heavy atom. The van der Waals surface area contributed by atoms with Crippen molar-refractivity contribution in [2.45, 2.75) is 38.8 Å². The van der Waals surface area contributed by atoms with Gasteiger partial charge in [0.25, 0.3) is 0 Å². The first-order chi connectivity index (χ1) is 8.65. The standard InChI is InChI=1S/C13H23N5/c1-9-15-16-13(17(9)2)8-18-6-10-4-3-5-12(14)11(10)7-18/h10-12H,3-8,14H2,1-2H3. The van der Waals surface area contributed by atoms with Gasteiger partial charge in [0.15, 0.2) is 0 Å². The number of nitrogens with two attached hydrogens (primary N) is 1. The number of aryl methyl sites for hydroxylation is 1. The molecule has 3 atom stereocenters. The Morgan fingerprint density at radius 1 is 1.28 bits per heavy atom. The minimum atomic E-state index is 0.412. The second kappa shape index (κ2) is 4.63. The summed E-state index contributed by atoms with van der Waals surface area (Å²) in [7, 11) is 2.04.